The van der Waals surface area contributed by atoms with E-state index < -0.39 is 0 Å². The van der Waals surface area contributed by atoms with Gasteiger partial charge in [-0.25, -0.2) is 0 Å². The summed E-state index contributed by atoms with van der Waals surface area (Å²) in [6.45, 7) is 0.752. The number of aryl methyl sites for hydroxylation is 1. The van der Waals surface area contributed by atoms with Crippen LogP contribution in [0.15, 0.2) is 41.4 Å². The first-order chi connectivity index (χ1) is 14.0. The van der Waals surface area contributed by atoms with Crippen LogP contribution in [0.2, 0.25) is 0 Å². The van der Waals surface area contributed by atoms with Crippen LogP contribution in [0, 0.1) is 0 Å². The summed E-state index contributed by atoms with van der Waals surface area (Å²) in [5.41, 5.74) is 2.59. The molecule has 0 fully saturated rings. The Hall–Kier alpha value is -2.45. The van der Waals surface area contributed by atoms with Gasteiger partial charge in [0.15, 0.2) is 16.3 Å². The first-order valence-corrected chi connectivity index (χ1v) is 11.3. The Balaban J connectivity index is 2.09. The van der Waals surface area contributed by atoms with Gasteiger partial charge >= 0.3 is 0 Å². The fourth-order valence-electron chi connectivity index (χ4n) is 2.93. The van der Waals surface area contributed by atoms with E-state index in [0.717, 1.165) is 28.2 Å². The molecule has 0 saturated heterocycles. The number of methoxy groups -OCH3 is 2. The third-order valence-electron chi connectivity index (χ3n) is 4.53. The van der Waals surface area contributed by atoms with Crippen LogP contribution in [-0.2, 0) is 6.54 Å². The molecule has 0 aliphatic rings. The van der Waals surface area contributed by atoms with E-state index in [2.05, 4.69) is 15.8 Å². The molecule has 0 bridgehead atoms. The van der Waals surface area contributed by atoms with E-state index in [9.17, 15) is 4.79 Å². The Morgan fingerprint density at radius 3 is 2.38 bits per heavy atom. The van der Waals surface area contributed by atoms with Crippen molar-refractivity contribution in [1.82, 2.24) is 4.57 Å². The molecule has 3 rings (SSSR count). The van der Waals surface area contributed by atoms with E-state index in [1.807, 2.05) is 55.4 Å². The average molecular weight is 432 g/mol. The van der Waals surface area contributed by atoms with Crippen LogP contribution in [-0.4, -0.2) is 50.8 Å². The van der Waals surface area contributed by atoms with Crippen LogP contribution < -0.4 is 19.2 Å². The van der Waals surface area contributed by atoms with Gasteiger partial charge in [-0.2, -0.15) is 16.8 Å². The summed E-state index contributed by atoms with van der Waals surface area (Å²) in [4.78, 5) is 19.9. The van der Waals surface area contributed by atoms with Crippen molar-refractivity contribution >= 4 is 44.9 Å². The molecule has 0 spiro atoms. The van der Waals surface area contributed by atoms with Crippen molar-refractivity contribution in [2.75, 3.05) is 45.2 Å². The van der Waals surface area contributed by atoms with Gasteiger partial charge in [-0.1, -0.05) is 11.3 Å². The predicted octanol–water partition coefficient (Wildman–Crippen LogP) is 3.89. The first-order valence-electron chi connectivity index (χ1n) is 9.09. The van der Waals surface area contributed by atoms with Crippen LogP contribution in [0.25, 0.3) is 10.2 Å². The predicted molar refractivity (Wildman–Crippen MR) is 122 cm³/mol. The Morgan fingerprint density at radius 2 is 1.79 bits per heavy atom. The summed E-state index contributed by atoms with van der Waals surface area (Å²) in [6, 6.07) is 11.3. The fraction of sp³-hybridized carbons (Fsp3) is 0.333. The molecular weight excluding hydrogens is 406 g/mol. The Kier molecular flexibility index (Phi) is 6.87. The molecule has 0 atom stereocenters. The third-order valence-corrected chi connectivity index (χ3v) is 6.17. The first kappa shape index (κ1) is 21.3. The lowest BCUT2D eigenvalue weighted by atomic mass is 10.2. The summed E-state index contributed by atoms with van der Waals surface area (Å²) in [5.74, 6) is 1.99. The molecule has 29 heavy (non-hydrogen) atoms. The number of benzene rings is 2. The van der Waals surface area contributed by atoms with E-state index in [-0.39, 0.29) is 5.91 Å². The molecule has 1 heterocycles. The van der Waals surface area contributed by atoms with Crippen LogP contribution in [0.4, 0.5) is 5.69 Å². The molecular formula is C21H25N3O3S2. The topological polar surface area (TPSA) is 56.1 Å². The summed E-state index contributed by atoms with van der Waals surface area (Å²) in [5, 5.41) is 0. The maximum Gasteiger partial charge on any atom is 0.279 e. The number of carbonyl (C=O) groups excluding carboxylic acids is 1. The quantitative estimate of drug-likeness (QED) is 0.568. The van der Waals surface area contributed by atoms with Crippen LogP contribution in [0.5, 0.6) is 11.5 Å². The van der Waals surface area contributed by atoms with Gasteiger partial charge in [0.1, 0.15) is 0 Å². The molecule has 0 aliphatic heterocycles. The lowest BCUT2D eigenvalue weighted by molar-refractivity contribution is 0.0998. The SMILES string of the molecule is COc1cc2sc(=NC(=O)c3ccc(N(C)C)cc3)n(CCSC)c2cc1OC. The highest BCUT2D eigenvalue weighted by Gasteiger charge is 2.14. The minimum Gasteiger partial charge on any atom is -0.493 e. The zero-order valence-corrected chi connectivity index (χ0v) is 18.9. The molecule has 1 aromatic heterocycles. The lowest BCUT2D eigenvalue weighted by Crippen LogP contribution is -2.18. The number of amides is 1. The number of ether oxygens (including phenoxy) is 2. The van der Waals surface area contributed by atoms with Crippen molar-refractivity contribution in [3.8, 4) is 11.5 Å². The zero-order valence-electron chi connectivity index (χ0n) is 17.3. The smallest absolute Gasteiger partial charge is 0.279 e. The van der Waals surface area contributed by atoms with Crippen molar-refractivity contribution in [2.24, 2.45) is 4.99 Å². The van der Waals surface area contributed by atoms with Gasteiger partial charge in [0.2, 0.25) is 0 Å². The number of aromatic nitrogens is 1. The van der Waals surface area contributed by atoms with Gasteiger partial charge < -0.3 is 18.9 Å². The minimum absolute atomic E-state index is 0.251. The largest absolute Gasteiger partial charge is 0.493 e. The van der Waals surface area contributed by atoms with Crippen LogP contribution >= 0.6 is 23.1 Å². The Morgan fingerprint density at radius 1 is 1.14 bits per heavy atom. The van der Waals surface area contributed by atoms with Crippen molar-refractivity contribution in [3.63, 3.8) is 0 Å². The van der Waals surface area contributed by atoms with Gasteiger partial charge in [-0.05, 0) is 30.5 Å². The molecule has 0 aliphatic carbocycles. The van der Waals surface area contributed by atoms with Crippen molar-refractivity contribution in [1.29, 1.82) is 0 Å². The maximum absolute atomic E-state index is 12.8. The second-order valence-electron chi connectivity index (χ2n) is 6.56. The number of anilines is 1. The monoisotopic (exact) mass is 431 g/mol. The maximum atomic E-state index is 12.8. The Labute approximate surface area is 178 Å². The second kappa shape index (κ2) is 9.37. The standard InChI is InChI=1S/C21H25N3O3S2/c1-23(2)15-8-6-14(7-9-15)20(25)22-21-24(10-11-28-5)16-12-17(26-3)18(27-4)13-19(16)29-21/h6-9,12-13H,10-11H2,1-5H3. The summed E-state index contributed by atoms with van der Waals surface area (Å²) in [6.07, 6.45) is 2.06. The van der Waals surface area contributed by atoms with Gasteiger partial charge in [-0.3, -0.25) is 4.79 Å². The normalized spacial score (nSPS) is 11.7. The fourth-order valence-corrected chi connectivity index (χ4v) is 4.36. The molecule has 0 radical (unpaired) electrons. The molecule has 6 nitrogen and oxygen atoms in total. The van der Waals surface area contributed by atoms with Gasteiger partial charge in [0, 0.05) is 49.8 Å². The van der Waals surface area contributed by atoms with E-state index in [4.69, 9.17) is 9.47 Å². The molecule has 2 aromatic carbocycles. The number of carbonyl (C=O) groups is 1. The highest BCUT2D eigenvalue weighted by atomic mass is 32.2. The number of fused-ring (bicyclic) bond motifs is 1. The van der Waals surface area contributed by atoms with Crippen LogP contribution in [0.3, 0.4) is 0 Å². The van der Waals surface area contributed by atoms with Crippen LogP contribution in [0.1, 0.15) is 10.4 Å². The van der Waals surface area contributed by atoms with Crippen molar-refractivity contribution in [2.45, 2.75) is 6.54 Å². The second-order valence-corrected chi connectivity index (χ2v) is 8.56. The van der Waals surface area contributed by atoms with Gasteiger partial charge in [0.05, 0.1) is 24.4 Å². The third kappa shape index (κ3) is 4.59. The molecule has 154 valence electrons. The summed E-state index contributed by atoms with van der Waals surface area (Å²) >= 11 is 3.23. The highest BCUT2D eigenvalue weighted by molar-refractivity contribution is 7.98. The molecule has 8 heteroatoms. The highest BCUT2D eigenvalue weighted by Crippen LogP contribution is 2.33. The number of thioether (sulfide) groups is 1. The summed E-state index contributed by atoms with van der Waals surface area (Å²) in [7, 11) is 7.17. The zero-order chi connectivity index (χ0) is 21.0. The molecule has 1 amide bonds. The number of hydrogen-bond donors (Lipinski definition) is 0. The number of rotatable bonds is 7. The Bertz CT molecular complexity index is 1070. The van der Waals surface area contributed by atoms with E-state index in [1.165, 1.54) is 11.3 Å². The number of thiazole rings is 1. The number of nitrogens with zero attached hydrogens (tertiary/aromatic N) is 3. The van der Waals surface area contributed by atoms with Gasteiger partial charge in [-0.15, -0.1) is 0 Å². The summed E-state index contributed by atoms with van der Waals surface area (Å²) < 4.78 is 13.9. The molecule has 0 N–H and O–H groups in total. The molecule has 0 saturated carbocycles. The van der Waals surface area contributed by atoms with E-state index in [1.54, 1.807) is 26.0 Å². The van der Waals surface area contributed by atoms with E-state index in [0.29, 0.717) is 21.9 Å². The van der Waals surface area contributed by atoms with Crippen molar-refractivity contribution in [3.05, 3.63) is 46.8 Å². The average Bonchev–Trinajstić information content (AvgIpc) is 3.06. The number of hydrogen-bond acceptors (Lipinski definition) is 6. The minimum atomic E-state index is -0.251. The van der Waals surface area contributed by atoms with Crippen molar-refractivity contribution < 1.29 is 14.3 Å². The molecule has 0 unspecified atom stereocenters. The van der Waals surface area contributed by atoms with E-state index >= 15 is 0 Å². The molecule has 3 aromatic rings. The lowest BCUT2D eigenvalue weighted by Gasteiger charge is -2.11. The van der Waals surface area contributed by atoms with Gasteiger partial charge in [0.25, 0.3) is 5.91 Å².